The molecule has 0 N–H and O–H groups in total. The minimum atomic E-state index is -0.230. The Kier molecular flexibility index (Phi) is 3.88. The lowest BCUT2D eigenvalue weighted by Crippen LogP contribution is -2.48. The number of rotatable bonds is 2. The number of amides is 1. The summed E-state index contributed by atoms with van der Waals surface area (Å²) in [5, 5.41) is 2.45. The Bertz CT molecular complexity index is 633. The lowest BCUT2D eigenvalue weighted by atomic mass is 10.2. The van der Waals surface area contributed by atoms with Gasteiger partial charge in [0.1, 0.15) is 5.82 Å². The van der Waals surface area contributed by atoms with Crippen LogP contribution in [-0.2, 0) is 0 Å². The zero-order valence-electron chi connectivity index (χ0n) is 11.8. The molecule has 1 aromatic heterocycles. The van der Waals surface area contributed by atoms with E-state index in [1.54, 1.807) is 12.1 Å². The normalized spacial score (nSPS) is 15.3. The zero-order valence-corrected chi connectivity index (χ0v) is 12.6. The van der Waals surface area contributed by atoms with Crippen LogP contribution >= 0.6 is 11.3 Å². The Labute approximate surface area is 126 Å². The Morgan fingerprint density at radius 1 is 1.19 bits per heavy atom. The first-order valence-electron chi connectivity index (χ1n) is 6.85. The average Bonchev–Trinajstić information content (AvgIpc) is 2.94. The predicted octanol–water partition coefficient (Wildman–Crippen LogP) is 2.55. The first kappa shape index (κ1) is 14.0. The van der Waals surface area contributed by atoms with Gasteiger partial charge in [0.15, 0.2) is 5.01 Å². The second-order valence-electron chi connectivity index (χ2n) is 5.05. The van der Waals surface area contributed by atoms with E-state index in [-0.39, 0.29) is 11.7 Å². The van der Waals surface area contributed by atoms with E-state index < -0.39 is 0 Å². The molecule has 1 aromatic carbocycles. The fraction of sp³-hybridized carbons (Fsp3) is 0.333. The number of aromatic nitrogens is 1. The second-order valence-corrected chi connectivity index (χ2v) is 5.91. The summed E-state index contributed by atoms with van der Waals surface area (Å²) in [6, 6.07) is 6.48. The van der Waals surface area contributed by atoms with Gasteiger partial charge in [-0.1, -0.05) is 0 Å². The van der Waals surface area contributed by atoms with Crippen molar-refractivity contribution in [3.05, 3.63) is 46.2 Å². The summed E-state index contributed by atoms with van der Waals surface area (Å²) in [4.78, 5) is 20.5. The molecule has 0 atom stereocenters. The van der Waals surface area contributed by atoms with Crippen molar-refractivity contribution >= 4 is 22.9 Å². The average molecular weight is 305 g/mol. The number of piperazine rings is 1. The Hall–Kier alpha value is -1.95. The number of hydrogen-bond acceptors (Lipinski definition) is 4. The number of anilines is 1. The topological polar surface area (TPSA) is 36.4 Å². The Morgan fingerprint density at radius 3 is 2.43 bits per heavy atom. The molecule has 1 saturated heterocycles. The molecule has 0 radical (unpaired) electrons. The smallest absolute Gasteiger partial charge is 0.282 e. The van der Waals surface area contributed by atoms with Crippen LogP contribution in [0.5, 0.6) is 0 Å². The highest BCUT2D eigenvalue weighted by Gasteiger charge is 2.24. The largest absolute Gasteiger partial charge is 0.368 e. The number of carbonyl (C=O) groups is 1. The molecular formula is C15H16FN3OS. The number of halogens is 1. The predicted molar refractivity (Wildman–Crippen MR) is 81.4 cm³/mol. The van der Waals surface area contributed by atoms with Gasteiger partial charge in [-0.05, 0) is 31.2 Å². The minimum absolute atomic E-state index is 0.00635. The molecule has 4 nitrogen and oxygen atoms in total. The summed E-state index contributed by atoms with van der Waals surface area (Å²) in [5.41, 5.74) is 1.88. The van der Waals surface area contributed by atoms with Crippen molar-refractivity contribution in [3.8, 4) is 0 Å². The van der Waals surface area contributed by atoms with Crippen LogP contribution in [0.2, 0.25) is 0 Å². The number of thiazole rings is 1. The monoisotopic (exact) mass is 305 g/mol. The van der Waals surface area contributed by atoms with Crippen LogP contribution in [0, 0.1) is 12.7 Å². The van der Waals surface area contributed by atoms with Crippen LogP contribution in [0.1, 0.15) is 15.5 Å². The van der Waals surface area contributed by atoms with E-state index in [0.717, 1.165) is 24.5 Å². The highest BCUT2D eigenvalue weighted by atomic mass is 32.1. The standard InChI is InChI=1S/C15H16FN3OS/c1-11-10-21-14(17-11)15(20)19-8-6-18(7-9-19)13-4-2-12(16)3-5-13/h2-5,10H,6-9H2,1H3. The summed E-state index contributed by atoms with van der Waals surface area (Å²) in [6.45, 7) is 4.72. The molecule has 1 amide bonds. The fourth-order valence-electron chi connectivity index (χ4n) is 2.41. The number of hydrogen-bond donors (Lipinski definition) is 0. The van der Waals surface area contributed by atoms with Crippen molar-refractivity contribution in [1.82, 2.24) is 9.88 Å². The molecule has 110 valence electrons. The second kappa shape index (κ2) is 5.81. The first-order chi connectivity index (χ1) is 10.1. The summed E-state index contributed by atoms with van der Waals surface area (Å²) in [7, 11) is 0. The van der Waals surface area contributed by atoms with Crippen LogP contribution in [0.15, 0.2) is 29.6 Å². The maximum atomic E-state index is 12.9. The van der Waals surface area contributed by atoms with E-state index in [4.69, 9.17) is 0 Å². The molecule has 0 saturated carbocycles. The summed E-state index contributed by atoms with van der Waals surface area (Å²) < 4.78 is 12.9. The third kappa shape index (κ3) is 3.05. The molecule has 6 heteroatoms. The summed E-state index contributed by atoms with van der Waals surface area (Å²) in [6.07, 6.45) is 0. The van der Waals surface area contributed by atoms with E-state index in [9.17, 15) is 9.18 Å². The maximum absolute atomic E-state index is 12.9. The van der Waals surface area contributed by atoms with Crippen molar-refractivity contribution in [2.24, 2.45) is 0 Å². The maximum Gasteiger partial charge on any atom is 0.282 e. The minimum Gasteiger partial charge on any atom is -0.368 e. The molecular weight excluding hydrogens is 289 g/mol. The van der Waals surface area contributed by atoms with E-state index in [1.807, 2.05) is 17.2 Å². The Balaban J connectivity index is 1.62. The van der Waals surface area contributed by atoms with Crippen molar-refractivity contribution < 1.29 is 9.18 Å². The Morgan fingerprint density at radius 2 is 1.86 bits per heavy atom. The first-order valence-corrected chi connectivity index (χ1v) is 7.73. The highest BCUT2D eigenvalue weighted by Crippen LogP contribution is 2.18. The van der Waals surface area contributed by atoms with Crippen LogP contribution in [-0.4, -0.2) is 42.0 Å². The van der Waals surface area contributed by atoms with Gasteiger partial charge in [-0.3, -0.25) is 4.79 Å². The lowest BCUT2D eigenvalue weighted by Gasteiger charge is -2.35. The quantitative estimate of drug-likeness (QED) is 0.855. The van der Waals surface area contributed by atoms with Gasteiger partial charge in [0.2, 0.25) is 0 Å². The molecule has 1 fully saturated rings. The number of aryl methyl sites for hydroxylation is 1. The van der Waals surface area contributed by atoms with E-state index in [0.29, 0.717) is 18.1 Å². The van der Waals surface area contributed by atoms with Crippen molar-refractivity contribution in [1.29, 1.82) is 0 Å². The molecule has 21 heavy (non-hydrogen) atoms. The van der Waals surface area contributed by atoms with Crippen molar-refractivity contribution in [2.75, 3.05) is 31.1 Å². The van der Waals surface area contributed by atoms with E-state index >= 15 is 0 Å². The van der Waals surface area contributed by atoms with Gasteiger partial charge in [-0.15, -0.1) is 11.3 Å². The van der Waals surface area contributed by atoms with E-state index in [1.165, 1.54) is 23.5 Å². The molecule has 0 spiro atoms. The lowest BCUT2D eigenvalue weighted by molar-refractivity contribution is 0.0746. The third-order valence-corrected chi connectivity index (χ3v) is 4.51. The molecule has 1 aliphatic rings. The third-order valence-electron chi connectivity index (χ3n) is 3.56. The van der Waals surface area contributed by atoms with Gasteiger partial charge >= 0.3 is 0 Å². The van der Waals surface area contributed by atoms with Gasteiger partial charge in [0.25, 0.3) is 5.91 Å². The van der Waals surface area contributed by atoms with Crippen LogP contribution in [0.25, 0.3) is 0 Å². The van der Waals surface area contributed by atoms with Gasteiger partial charge in [0, 0.05) is 42.9 Å². The molecule has 2 heterocycles. The highest BCUT2D eigenvalue weighted by molar-refractivity contribution is 7.11. The van der Waals surface area contributed by atoms with Gasteiger partial charge in [-0.25, -0.2) is 9.37 Å². The van der Waals surface area contributed by atoms with Crippen LogP contribution in [0.4, 0.5) is 10.1 Å². The van der Waals surface area contributed by atoms with Crippen molar-refractivity contribution in [2.45, 2.75) is 6.92 Å². The molecule has 3 rings (SSSR count). The molecule has 0 unspecified atom stereocenters. The van der Waals surface area contributed by atoms with E-state index in [2.05, 4.69) is 9.88 Å². The fourth-order valence-corrected chi connectivity index (χ4v) is 3.17. The number of nitrogens with zero attached hydrogens (tertiary/aromatic N) is 3. The van der Waals surface area contributed by atoms with Crippen molar-refractivity contribution in [3.63, 3.8) is 0 Å². The molecule has 1 aliphatic heterocycles. The SMILES string of the molecule is Cc1csc(C(=O)N2CCN(c3ccc(F)cc3)CC2)n1. The molecule has 2 aromatic rings. The molecule has 0 aliphatic carbocycles. The zero-order chi connectivity index (χ0) is 14.8. The number of carbonyl (C=O) groups excluding carboxylic acids is 1. The van der Waals surface area contributed by atoms with Crippen LogP contribution < -0.4 is 4.90 Å². The number of benzene rings is 1. The van der Waals surface area contributed by atoms with Gasteiger partial charge < -0.3 is 9.80 Å². The van der Waals surface area contributed by atoms with Gasteiger partial charge in [-0.2, -0.15) is 0 Å². The van der Waals surface area contributed by atoms with Gasteiger partial charge in [0.05, 0.1) is 0 Å². The van der Waals surface area contributed by atoms with Crippen LogP contribution in [0.3, 0.4) is 0 Å². The summed E-state index contributed by atoms with van der Waals surface area (Å²) in [5.74, 6) is -0.224. The molecule has 0 bridgehead atoms. The summed E-state index contributed by atoms with van der Waals surface area (Å²) >= 11 is 1.39.